The van der Waals surface area contributed by atoms with Crippen molar-refractivity contribution in [1.29, 1.82) is 0 Å². The van der Waals surface area contributed by atoms with Gasteiger partial charge in [-0.2, -0.15) is 0 Å². The average molecular weight is 320 g/mol. The number of carbonyl (C=O) groups excluding carboxylic acids is 2. The molecule has 0 aromatic heterocycles. The summed E-state index contributed by atoms with van der Waals surface area (Å²) in [5.74, 6) is -0.967. The minimum absolute atomic E-state index is 0.235. The van der Waals surface area contributed by atoms with Crippen LogP contribution in [0.25, 0.3) is 0 Å². The molecule has 6 heteroatoms. The van der Waals surface area contributed by atoms with Gasteiger partial charge in [-0.3, -0.25) is 10.0 Å². The Hall–Kier alpha value is -1.98. The van der Waals surface area contributed by atoms with Crippen molar-refractivity contribution in [3.63, 3.8) is 0 Å². The van der Waals surface area contributed by atoms with Gasteiger partial charge >= 0.3 is 11.9 Å². The lowest BCUT2D eigenvalue weighted by atomic mass is 9.77. The van der Waals surface area contributed by atoms with Crippen molar-refractivity contribution >= 4 is 11.9 Å². The fourth-order valence-corrected chi connectivity index (χ4v) is 4.18. The summed E-state index contributed by atoms with van der Waals surface area (Å²) in [5.41, 5.74) is 2.58. The lowest BCUT2D eigenvalue weighted by molar-refractivity contribution is -0.141. The molecule has 1 saturated heterocycles. The van der Waals surface area contributed by atoms with Crippen molar-refractivity contribution in [2.45, 2.75) is 52.6 Å². The van der Waals surface area contributed by atoms with Crippen LogP contribution in [0.15, 0.2) is 22.5 Å². The zero-order valence-corrected chi connectivity index (χ0v) is 14.8. The molecule has 0 N–H and O–H groups in total. The monoisotopic (exact) mass is 320 g/mol. The van der Waals surface area contributed by atoms with Gasteiger partial charge in [-0.15, -0.1) is 0 Å². The van der Waals surface area contributed by atoms with Crippen LogP contribution in [-0.4, -0.2) is 47.8 Å². The van der Waals surface area contributed by atoms with Gasteiger partial charge in [0.2, 0.25) is 0 Å². The van der Waals surface area contributed by atoms with Crippen LogP contribution in [0.2, 0.25) is 0 Å². The molecule has 126 valence electrons. The second-order valence-electron chi connectivity index (χ2n) is 7.59. The van der Waals surface area contributed by atoms with E-state index in [1.807, 2.05) is 5.01 Å². The molecule has 0 radical (unpaired) electrons. The van der Waals surface area contributed by atoms with Crippen LogP contribution >= 0.6 is 0 Å². The third-order valence-corrected chi connectivity index (χ3v) is 5.52. The highest BCUT2D eigenvalue weighted by Crippen LogP contribution is 2.59. The summed E-state index contributed by atoms with van der Waals surface area (Å²) in [5, 5.41) is 4.04. The van der Waals surface area contributed by atoms with E-state index >= 15 is 0 Å². The zero-order chi connectivity index (χ0) is 17.3. The maximum Gasteiger partial charge on any atom is 0.356 e. The first kappa shape index (κ1) is 15.9. The lowest BCUT2D eigenvalue weighted by Crippen LogP contribution is -2.47. The normalized spacial score (nSPS) is 26.8. The van der Waals surface area contributed by atoms with Gasteiger partial charge in [-0.05, 0) is 26.3 Å². The third kappa shape index (κ3) is 1.75. The molecule has 1 atom stereocenters. The molecule has 3 aliphatic heterocycles. The molecular weight excluding hydrogens is 296 g/mol. The maximum atomic E-state index is 12.5. The third-order valence-electron chi connectivity index (χ3n) is 5.52. The molecule has 3 rings (SSSR count). The number of rotatable bonds is 2. The Labute approximate surface area is 136 Å². The minimum Gasteiger partial charge on any atom is -0.466 e. The number of hydrogen-bond donors (Lipinski definition) is 0. The second-order valence-corrected chi connectivity index (χ2v) is 7.59. The number of carbonyl (C=O) groups is 2. The molecular formula is C17H24N2O4. The lowest BCUT2D eigenvalue weighted by Gasteiger charge is -2.38. The highest BCUT2D eigenvalue weighted by molar-refractivity contribution is 6.02. The van der Waals surface area contributed by atoms with Gasteiger partial charge in [-0.25, -0.2) is 9.59 Å². The Kier molecular flexibility index (Phi) is 3.13. The predicted octanol–water partition coefficient (Wildman–Crippen LogP) is 1.98. The van der Waals surface area contributed by atoms with Crippen molar-refractivity contribution < 1.29 is 19.1 Å². The van der Waals surface area contributed by atoms with Crippen LogP contribution in [-0.2, 0) is 19.1 Å². The molecule has 0 bridgehead atoms. The summed E-state index contributed by atoms with van der Waals surface area (Å²) in [4.78, 5) is 25.0. The number of methoxy groups -OCH3 is 2. The van der Waals surface area contributed by atoms with Gasteiger partial charge in [0.1, 0.15) is 0 Å². The van der Waals surface area contributed by atoms with E-state index in [0.717, 1.165) is 6.42 Å². The Bertz CT molecular complexity index is 672. The van der Waals surface area contributed by atoms with Crippen molar-refractivity contribution in [2.75, 3.05) is 14.2 Å². The fraction of sp³-hybridized carbons (Fsp3) is 0.647. The Morgan fingerprint density at radius 3 is 2.17 bits per heavy atom. The Balaban J connectivity index is 2.30. The van der Waals surface area contributed by atoms with Crippen LogP contribution in [0.5, 0.6) is 0 Å². The Morgan fingerprint density at radius 1 is 1.09 bits per heavy atom. The summed E-state index contributed by atoms with van der Waals surface area (Å²) in [6, 6.07) is -0.235. The van der Waals surface area contributed by atoms with E-state index in [1.165, 1.54) is 25.5 Å². The molecule has 23 heavy (non-hydrogen) atoms. The first-order valence-electron chi connectivity index (χ1n) is 7.80. The summed E-state index contributed by atoms with van der Waals surface area (Å²) >= 11 is 0. The zero-order valence-electron chi connectivity index (χ0n) is 14.8. The molecule has 1 fully saturated rings. The van der Waals surface area contributed by atoms with Gasteiger partial charge in [0.15, 0.2) is 5.70 Å². The van der Waals surface area contributed by atoms with Crippen LogP contribution in [0.1, 0.15) is 41.0 Å². The molecule has 0 aromatic rings. The highest BCUT2D eigenvalue weighted by Gasteiger charge is 2.63. The summed E-state index contributed by atoms with van der Waals surface area (Å²) < 4.78 is 9.97. The van der Waals surface area contributed by atoms with Gasteiger partial charge in [0, 0.05) is 17.5 Å². The Morgan fingerprint density at radius 2 is 1.65 bits per heavy atom. The van der Waals surface area contributed by atoms with E-state index in [9.17, 15) is 9.59 Å². The van der Waals surface area contributed by atoms with Crippen LogP contribution in [0.3, 0.4) is 0 Å². The van der Waals surface area contributed by atoms with Crippen molar-refractivity contribution in [2.24, 2.45) is 5.41 Å². The van der Waals surface area contributed by atoms with Crippen molar-refractivity contribution in [3.05, 3.63) is 22.5 Å². The highest BCUT2D eigenvalue weighted by atomic mass is 16.5. The number of hydrazine groups is 1. The topological polar surface area (TPSA) is 59.1 Å². The van der Waals surface area contributed by atoms with Gasteiger partial charge in [0.25, 0.3) is 0 Å². The predicted molar refractivity (Wildman–Crippen MR) is 83.7 cm³/mol. The van der Waals surface area contributed by atoms with Gasteiger partial charge in [0.05, 0.1) is 31.4 Å². The van der Waals surface area contributed by atoms with E-state index in [2.05, 4.69) is 39.6 Å². The largest absolute Gasteiger partial charge is 0.466 e. The smallest absolute Gasteiger partial charge is 0.356 e. The van der Waals surface area contributed by atoms with Crippen molar-refractivity contribution in [3.8, 4) is 0 Å². The fourth-order valence-electron chi connectivity index (χ4n) is 4.18. The SMILES string of the molecule is COC(=O)C1=C(C(=O)OC)N2N3C(=C(C)C(C)(C)C13)CC2(C)C. The molecule has 0 aromatic carbocycles. The van der Waals surface area contributed by atoms with Crippen LogP contribution in [0, 0.1) is 5.41 Å². The van der Waals surface area contributed by atoms with E-state index in [4.69, 9.17) is 9.47 Å². The van der Waals surface area contributed by atoms with Gasteiger partial charge < -0.3 is 9.47 Å². The molecule has 1 unspecified atom stereocenters. The molecule has 0 saturated carbocycles. The molecule has 0 spiro atoms. The molecule has 3 aliphatic rings. The standard InChI is InChI=1S/C17H24N2O4/c1-9-10-8-16(2,3)19-12(15(21)23-7)11(14(20)22-6)13(18(10)19)17(9,4)5/h13H,8H2,1-7H3. The second kappa shape index (κ2) is 4.52. The summed E-state index contributed by atoms with van der Waals surface area (Å²) in [6.07, 6.45) is 0.827. The number of hydrogen-bond acceptors (Lipinski definition) is 6. The molecule has 0 aliphatic carbocycles. The van der Waals surface area contributed by atoms with Crippen LogP contribution < -0.4 is 0 Å². The van der Waals surface area contributed by atoms with Gasteiger partial charge in [-0.1, -0.05) is 13.8 Å². The van der Waals surface area contributed by atoms with E-state index in [0.29, 0.717) is 11.3 Å². The first-order valence-corrected chi connectivity index (χ1v) is 7.80. The minimum atomic E-state index is -0.498. The average Bonchev–Trinajstić information content (AvgIpc) is 3.04. The number of nitrogens with zero attached hydrogens (tertiary/aromatic N) is 2. The van der Waals surface area contributed by atoms with E-state index in [1.54, 1.807) is 0 Å². The summed E-state index contributed by atoms with van der Waals surface area (Å²) in [6.45, 7) is 10.5. The maximum absolute atomic E-state index is 12.5. The first-order chi connectivity index (χ1) is 10.6. The molecule has 3 heterocycles. The summed E-state index contributed by atoms with van der Waals surface area (Å²) in [7, 11) is 2.68. The molecule has 6 nitrogen and oxygen atoms in total. The number of esters is 2. The van der Waals surface area contributed by atoms with Crippen LogP contribution in [0.4, 0.5) is 0 Å². The van der Waals surface area contributed by atoms with E-state index in [-0.39, 0.29) is 17.0 Å². The van der Waals surface area contributed by atoms with Crippen molar-refractivity contribution in [1.82, 2.24) is 10.0 Å². The molecule has 0 amide bonds. The quantitative estimate of drug-likeness (QED) is 0.725. The van der Waals surface area contributed by atoms with E-state index < -0.39 is 11.9 Å². The number of ether oxygens (including phenoxy) is 2.